The molecule has 6 heteroatoms. The molecule has 0 saturated carbocycles. The van der Waals surface area contributed by atoms with Gasteiger partial charge in [0, 0.05) is 29.5 Å². The number of nitrogens with zero attached hydrogens (tertiary/aromatic N) is 1. The summed E-state index contributed by atoms with van der Waals surface area (Å²) in [5.41, 5.74) is 1.91. The molecule has 1 amide bonds. The molecule has 116 valence electrons. The van der Waals surface area contributed by atoms with Gasteiger partial charge in [0.25, 0.3) is 5.91 Å². The molecule has 0 aliphatic carbocycles. The van der Waals surface area contributed by atoms with Crippen LogP contribution in [0, 0.1) is 18.3 Å². The number of halogens is 1. The highest BCUT2D eigenvalue weighted by Gasteiger charge is 2.17. The Morgan fingerprint density at radius 1 is 1.59 bits per heavy atom. The zero-order valence-electron chi connectivity index (χ0n) is 12.4. The first-order valence-electron chi connectivity index (χ1n) is 7.13. The van der Waals surface area contributed by atoms with Crippen molar-refractivity contribution in [1.29, 1.82) is 5.26 Å². The number of carbonyl (C=O) groups is 1. The maximum atomic E-state index is 12.0. The number of carbonyl (C=O) groups excluding carboxylic acids is 1. The summed E-state index contributed by atoms with van der Waals surface area (Å²) >= 11 is 3.39. The molecule has 0 spiro atoms. The van der Waals surface area contributed by atoms with Crippen LogP contribution in [0.25, 0.3) is 0 Å². The number of hydrogen-bond acceptors (Lipinski definition) is 4. The van der Waals surface area contributed by atoms with E-state index in [0.29, 0.717) is 6.54 Å². The fourth-order valence-corrected chi connectivity index (χ4v) is 2.67. The second-order valence-corrected chi connectivity index (χ2v) is 6.03. The van der Waals surface area contributed by atoms with E-state index < -0.39 is 0 Å². The zero-order chi connectivity index (χ0) is 15.9. The highest BCUT2D eigenvalue weighted by Crippen LogP contribution is 2.20. The van der Waals surface area contributed by atoms with Crippen molar-refractivity contribution in [2.75, 3.05) is 18.5 Å². The SMILES string of the molecule is Cc1cc(Br)ccc1N/C=C(/C#N)C(=O)NCC1CCCO1. The fraction of sp³-hybridized carbons (Fsp3) is 0.375. The van der Waals surface area contributed by atoms with Crippen molar-refractivity contribution in [3.63, 3.8) is 0 Å². The Morgan fingerprint density at radius 2 is 2.41 bits per heavy atom. The molecule has 1 unspecified atom stereocenters. The van der Waals surface area contributed by atoms with Gasteiger partial charge in [-0.05, 0) is 43.5 Å². The molecular formula is C16H18BrN3O2. The normalized spacial score (nSPS) is 17.9. The molecule has 0 radical (unpaired) electrons. The van der Waals surface area contributed by atoms with Gasteiger partial charge in [-0.1, -0.05) is 15.9 Å². The van der Waals surface area contributed by atoms with E-state index in [0.717, 1.165) is 35.2 Å². The highest BCUT2D eigenvalue weighted by molar-refractivity contribution is 9.10. The third-order valence-electron chi connectivity index (χ3n) is 3.44. The summed E-state index contributed by atoms with van der Waals surface area (Å²) in [7, 11) is 0. The highest BCUT2D eigenvalue weighted by atomic mass is 79.9. The lowest BCUT2D eigenvalue weighted by Gasteiger charge is -2.10. The van der Waals surface area contributed by atoms with E-state index in [-0.39, 0.29) is 17.6 Å². The average Bonchev–Trinajstić information content (AvgIpc) is 3.01. The quantitative estimate of drug-likeness (QED) is 0.623. The van der Waals surface area contributed by atoms with Gasteiger partial charge < -0.3 is 15.4 Å². The minimum Gasteiger partial charge on any atom is -0.376 e. The molecule has 1 aromatic carbocycles. The van der Waals surface area contributed by atoms with Gasteiger partial charge in [0.15, 0.2) is 0 Å². The van der Waals surface area contributed by atoms with Crippen LogP contribution in [0.5, 0.6) is 0 Å². The van der Waals surface area contributed by atoms with Gasteiger partial charge in [-0.25, -0.2) is 0 Å². The van der Waals surface area contributed by atoms with E-state index in [4.69, 9.17) is 10.00 Å². The predicted molar refractivity (Wildman–Crippen MR) is 88.2 cm³/mol. The van der Waals surface area contributed by atoms with Crippen LogP contribution in [0.2, 0.25) is 0 Å². The third-order valence-corrected chi connectivity index (χ3v) is 3.93. The lowest BCUT2D eigenvalue weighted by Crippen LogP contribution is -2.32. The molecule has 0 bridgehead atoms. The number of nitrogens with one attached hydrogen (secondary N) is 2. The largest absolute Gasteiger partial charge is 0.376 e. The molecule has 1 aromatic rings. The number of ether oxygens (including phenoxy) is 1. The maximum Gasteiger partial charge on any atom is 0.263 e. The molecule has 1 fully saturated rings. The van der Waals surface area contributed by atoms with E-state index in [9.17, 15) is 4.79 Å². The van der Waals surface area contributed by atoms with Gasteiger partial charge in [-0.2, -0.15) is 5.26 Å². The van der Waals surface area contributed by atoms with Gasteiger partial charge in [0.2, 0.25) is 0 Å². The van der Waals surface area contributed by atoms with Crippen molar-refractivity contribution < 1.29 is 9.53 Å². The average molecular weight is 364 g/mol. The number of aryl methyl sites for hydroxylation is 1. The first-order chi connectivity index (χ1) is 10.6. The Balaban J connectivity index is 1.94. The zero-order valence-corrected chi connectivity index (χ0v) is 13.9. The second-order valence-electron chi connectivity index (χ2n) is 5.12. The Morgan fingerprint density at radius 3 is 3.05 bits per heavy atom. The Labute approximate surface area is 138 Å². The molecule has 22 heavy (non-hydrogen) atoms. The van der Waals surface area contributed by atoms with Crippen molar-refractivity contribution in [3.8, 4) is 6.07 Å². The number of nitriles is 1. The summed E-state index contributed by atoms with van der Waals surface area (Å²) in [5.74, 6) is -0.389. The van der Waals surface area contributed by atoms with Crippen molar-refractivity contribution in [2.45, 2.75) is 25.9 Å². The third kappa shape index (κ3) is 4.58. The van der Waals surface area contributed by atoms with Crippen LogP contribution < -0.4 is 10.6 Å². The minimum atomic E-state index is -0.389. The predicted octanol–water partition coefficient (Wildman–Crippen LogP) is 2.87. The Bertz CT molecular complexity index is 616. The molecular weight excluding hydrogens is 346 g/mol. The van der Waals surface area contributed by atoms with Crippen molar-refractivity contribution in [2.24, 2.45) is 0 Å². The monoisotopic (exact) mass is 363 g/mol. The number of benzene rings is 1. The number of rotatable bonds is 5. The lowest BCUT2D eigenvalue weighted by molar-refractivity contribution is -0.117. The topological polar surface area (TPSA) is 74.2 Å². The lowest BCUT2D eigenvalue weighted by atomic mass is 10.2. The number of hydrogen-bond donors (Lipinski definition) is 2. The molecule has 1 saturated heterocycles. The summed E-state index contributed by atoms with van der Waals surface area (Å²) < 4.78 is 6.42. The summed E-state index contributed by atoms with van der Waals surface area (Å²) in [5, 5.41) is 14.9. The van der Waals surface area contributed by atoms with Gasteiger partial charge in [0.05, 0.1) is 6.10 Å². The van der Waals surface area contributed by atoms with Crippen LogP contribution in [0.15, 0.2) is 34.4 Å². The first kappa shape index (κ1) is 16.5. The van der Waals surface area contributed by atoms with E-state index in [1.807, 2.05) is 31.2 Å². The molecule has 1 aliphatic rings. The van der Waals surface area contributed by atoms with Crippen LogP contribution >= 0.6 is 15.9 Å². The summed E-state index contributed by atoms with van der Waals surface area (Å²) in [6.07, 6.45) is 3.46. The van der Waals surface area contributed by atoms with Crippen molar-refractivity contribution in [1.82, 2.24) is 5.32 Å². The number of anilines is 1. The summed E-state index contributed by atoms with van der Waals surface area (Å²) in [4.78, 5) is 12.0. The van der Waals surface area contributed by atoms with Gasteiger partial charge >= 0.3 is 0 Å². The van der Waals surface area contributed by atoms with Crippen LogP contribution in [-0.2, 0) is 9.53 Å². The van der Waals surface area contributed by atoms with Crippen LogP contribution in [0.1, 0.15) is 18.4 Å². The van der Waals surface area contributed by atoms with E-state index in [2.05, 4.69) is 26.6 Å². The molecule has 2 rings (SSSR count). The van der Waals surface area contributed by atoms with E-state index in [1.165, 1.54) is 6.20 Å². The van der Waals surface area contributed by atoms with Gasteiger partial charge in [-0.15, -0.1) is 0 Å². The molecule has 1 aliphatic heterocycles. The van der Waals surface area contributed by atoms with Crippen molar-refractivity contribution >= 4 is 27.5 Å². The maximum absolute atomic E-state index is 12.0. The van der Waals surface area contributed by atoms with E-state index in [1.54, 1.807) is 0 Å². The Hall–Kier alpha value is -1.84. The summed E-state index contributed by atoms with van der Waals surface area (Å²) in [6, 6.07) is 7.65. The molecule has 0 aromatic heterocycles. The Kier molecular flexibility index (Phi) is 5.99. The van der Waals surface area contributed by atoms with Gasteiger partial charge in [0.1, 0.15) is 11.6 Å². The molecule has 1 atom stereocenters. The number of amides is 1. The standard InChI is InChI=1S/C16H18BrN3O2/c1-11-7-13(17)4-5-15(11)19-9-12(8-18)16(21)20-10-14-3-2-6-22-14/h4-5,7,9,14,19H,2-3,6,10H2,1H3,(H,20,21)/b12-9-. The van der Waals surface area contributed by atoms with Gasteiger partial charge in [-0.3, -0.25) is 4.79 Å². The molecule has 2 N–H and O–H groups in total. The summed E-state index contributed by atoms with van der Waals surface area (Å²) in [6.45, 7) is 3.13. The van der Waals surface area contributed by atoms with Crippen LogP contribution in [0.3, 0.4) is 0 Å². The fourth-order valence-electron chi connectivity index (χ4n) is 2.19. The van der Waals surface area contributed by atoms with E-state index >= 15 is 0 Å². The molecule has 1 heterocycles. The minimum absolute atomic E-state index is 0.0420. The van der Waals surface area contributed by atoms with Crippen LogP contribution in [-0.4, -0.2) is 25.2 Å². The van der Waals surface area contributed by atoms with Crippen LogP contribution in [0.4, 0.5) is 5.69 Å². The first-order valence-corrected chi connectivity index (χ1v) is 7.92. The molecule has 5 nitrogen and oxygen atoms in total. The second kappa shape index (κ2) is 7.97. The van der Waals surface area contributed by atoms with Crippen molar-refractivity contribution in [3.05, 3.63) is 40.0 Å². The smallest absolute Gasteiger partial charge is 0.263 e.